The van der Waals surface area contributed by atoms with Crippen molar-refractivity contribution < 1.29 is 0 Å². The number of fused-ring (bicyclic) bond motifs is 1. The Bertz CT molecular complexity index is 932. The number of aryl methyl sites for hydroxylation is 1. The minimum Gasteiger partial charge on any atom is -0.367 e. The van der Waals surface area contributed by atoms with Crippen LogP contribution in [0.3, 0.4) is 0 Å². The molecule has 2 N–H and O–H groups in total. The van der Waals surface area contributed by atoms with Crippen molar-refractivity contribution >= 4 is 33.9 Å². The zero-order valence-corrected chi connectivity index (χ0v) is 16.3. The maximum atomic E-state index is 4.97. The molecular weight excluding hydrogens is 340 g/mol. The van der Waals surface area contributed by atoms with Crippen LogP contribution in [0.2, 0.25) is 0 Å². The number of nitrogens with zero attached hydrogens (tertiary/aromatic N) is 2. The highest BCUT2D eigenvalue weighted by molar-refractivity contribution is 7.16. The summed E-state index contributed by atoms with van der Waals surface area (Å²) in [6.45, 7) is 9.31. The van der Waals surface area contributed by atoms with Crippen molar-refractivity contribution in [1.82, 2.24) is 9.97 Å². The van der Waals surface area contributed by atoms with Crippen LogP contribution in [0, 0.1) is 6.92 Å². The van der Waals surface area contributed by atoms with E-state index >= 15 is 0 Å². The second kappa shape index (κ2) is 7.00. The number of hydrogen-bond donors (Lipinski definition) is 2. The van der Waals surface area contributed by atoms with E-state index in [2.05, 4.69) is 78.6 Å². The van der Waals surface area contributed by atoms with E-state index in [-0.39, 0.29) is 0 Å². The molecule has 0 saturated heterocycles. The fourth-order valence-electron chi connectivity index (χ4n) is 3.43. The molecule has 0 radical (unpaired) electrons. The second-order valence-electron chi connectivity index (χ2n) is 6.45. The predicted octanol–water partition coefficient (Wildman–Crippen LogP) is 5.26. The first-order valence-corrected chi connectivity index (χ1v) is 9.96. The zero-order valence-electron chi connectivity index (χ0n) is 15.5. The summed E-state index contributed by atoms with van der Waals surface area (Å²) in [5, 5.41) is 4.62. The average Bonchev–Trinajstić information content (AvgIpc) is 3.26. The van der Waals surface area contributed by atoms with Crippen LogP contribution in [-0.2, 0) is 0 Å². The molecule has 5 heteroatoms. The highest BCUT2D eigenvalue weighted by atomic mass is 32.1. The van der Waals surface area contributed by atoms with Crippen LogP contribution >= 0.6 is 11.3 Å². The number of aromatic nitrogens is 2. The lowest BCUT2D eigenvalue weighted by atomic mass is 9.98. The largest absolute Gasteiger partial charge is 0.367 e. The van der Waals surface area contributed by atoms with Gasteiger partial charge in [-0.2, -0.15) is 0 Å². The summed E-state index contributed by atoms with van der Waals surface area (Å²) in [6, 6.07) is 10.6. The van der Waals surface area contributed by atoms with Crippen LogP contribution in [-0.4, -0.2) is 29.6 Å². The van der Waals surface area contributed by atoms with E-state index in [0.29, 0.717) is 0 Å². The van der Waals surface area contributed by atoms with Crippen molar-refractivity contribution in [2.45, 2.75) is 20.8 Å². The van der Waals surface area contributed by atoms with E-state index in [1.54, 1.807) is 11.3 Å². The van der Waals surface area contributed by atoms with Gasteiger partial charge in [-0.15, -0.1) is 11.3 Å². The molecule has 0 spiro atoms. The lowest BCUT2D eigenvalue weighted by Crippen LogP contribution is -2.21. The number of benzene rings is 1. The van der Waals surface area contributed by atoms with Gasteiger partial charge in [-0.05, 0) is 38.0 Å². The number of H-pyrrole nitrogens is 1. The summed E-state index contributed by atoms with van der Waals surface area (Å²) in [5.41, 5.74) is 6.02. The van der Waals surface area contributed by atoms with Crippen LogP contribution < -0.4 is 10.2 Å². The van der Waals surface area contributed by atoms with Gasteiger partial charge in [0.1, 0.15) is 5.82 Å². The molecule has 3 heterocycles. The van der Waals surface area contributed by atoms with E-state index in [0.717, 1.165) is 36.3 Å². The van der Waals surface area contributed by atoms with Crippen molar-refractivity contribution in [1.29, 1.82) is 0 Å². The van der Waals surface area contributed by atoms with Gasteiger partial charge in [-0.3, -0.25) is 0 Å². The predicted molar refractivity (Wildman–Crippen MR) is 113 cm³/mol. The first kappa shape index (κ1) is 16.9. The lowest BCUT2D eigenvalue weighted by Gasteiger charge is -2.17. The Morgan fingerprint density at radius 2 is 1.92 bits per heavy atom. The van der Waals surface area contributed by atoms with Crippen LogP contribution in [0.25, 0.3) is 22.9 Å². The fourth-order valence-corrected chi connectivity index (χ4v) is 4.49. The molecule has 4 rings (SSSR count). The van der Waals surface area contributed by atoms with Gasteiger partial charge in [0.2, 0.25) is 0 Å². The molecule has 4 nitrogen and oxygen atoms in total. The Kier molecular flexibility index (Phi) is 4.55. The molecule has 0 amide bonds. The Balaban J connectivity index is 1.76. The highest BCUT2D eigenvalue weighted by Crippen LogP contribution is 2.39. The summed E-state index contributed by atoms with van der Waals surface area (Å²) in [5.74, 6) is 1.08. The third-order valence-electron chi connectivity index (χ3n) is 4.91. The number of rotatable bonds is 5. The summed E-state index contributed by atoms with van der Waals surface area (Å²) < 4.78 is 0. The average molecular weight is 365 g/mol. The number of nitrogens with one attached hydrogen (secondary N) is 2. The molecular formula is C21H24N4S. The SMILES string of the molecule is CCN(CC)c1nc(-c2c[nH]c3c2C=C(c2ccccc2)CN3)c(C)s1. The van der Waals surface area contributed by atoms with Crippen molar-refractivity contribution in [3.8, 4) is 11.3 Å². The highest BCUT2D eigenvalue weighted by Gasteiger charge is 2.21. The van der Waals surface area contributed by atoms with Gasteiger partial charge in [0.05, 0.1) is 5.69 Å². The van der Waals surface area contributed by atoms with Crippen molar-refractivity contribution in [2.75, 3.05) is 29.9 Å². The Morgan fingerprint density at radius 3 is 2.65 bits per heavy atom. The lowest BCUT2D eigenvalue weighted by molar-refractivity contribution is 0.860. The van der Waals surface area contributed by atoms with Crippen molar-refractivity contribution in [3.05, 3.63) is 52.5 Å². The Labute approximate surface area is 158 Å². The molecule has 0 unspecified atom stereocenters. The minimum atomic E-state index is 0.831. The maximum absolute atomic E-state index is 4.97. The van der Waals surface area contributed by atoms with Gasteiger partial charge in [0.25, 0.3) is 0 Å². The molecule has 134 valence electrons. The van der Waals surface area contributed by atoms with Gasteiger partial charge in [0.15, 0.2) is 5.13 Å². The third kappa shape index (κ3) is 2.92. The third-order valence-corrected chi connectivity index (χ3v) is 5.95. The topological polar surface area (TPSA) is 44.0 Å². The molecule has 1 aromatic carbocycles. The standard InChI is InChI=1S/C21H24N4S/c1-4-25(5-2)21-24-19(14(3)26-21)18-13-23-20-17(18)11-16(12-22-20)15-9-7-6-8-10-15/h6-11,13,22-23H,4-5,12H2,1-3H3. The van der Waals surface area contributed by atoms with Gasteiger partial charge >= 0.3 is 0 Å². The minimum absolute atomic E-state index is 0.831. The first-order chi connectivity index (χ1) is 12.7. The van der Waals surface area contributed by atoms with Gasteiger partial charge in [-0.1, -0.05) is 30.3 Å². The van der Waals surface area contributed by atoms with Gasteiger partial charge in [0, 0.05) is 41.8 Å². The zero-order chi connectivity index (χ0) is 18.1. The number of thiazole rings is 1. The molecule has 1 aliphatic heterocycles. The Morgan fingerprint density at radius 1 is 1.15 bits per heavy atom. The number of anilines is 2. The molecule has 2 aromatic heterocycles. The van der Waals surface area contributed by atoms with E-state index in [1.165, 1.54) is 27.1 Å². The van der Waals surface area contributed by atoms with Crippen molar-refractivity contribution in [3.63, 3.8) is 0 Å². The fraction of sp³-hybridized carbons (Fsp3) is 0.286. The second-order valence-corrected chi connectivity index (χ2v) is 7.64. The summed E-state index contributed by atoms with van der Waals surface area (Å²) in [6.07, 6.45) is 4.37. The number of hydrogen-bond acceptors (Lipinski definition) is 4. The molecule has 0 bridgehead atoms. The maximum Gasteiger partial charge on any atom is 0.186 e. The summed E-state index contributed by atoms with van der Waals surface area (Å²) >= 11 is 1.78. The first-order valence-electron chi connectivity index (χ1n) is 9.15. The van der Waals surface area contributed by atoms with Crippen LogP contribution in [0.5, 0.6) is 0 Å². The molecule has 0 atom stereocenters. The van der Waals surface area contributed by atoms with E-state index in [1.807, 2.05) is 0 Å². The van der Waals surface area contributed by atoms with Gasteiger partial charge in [-0.25, -0.2) is 4.98 Å². The van der Waals surface area contributed by atoms with E-state index < -0.39 is 0 Å². The number of aromatic amines is 1. The van der Waals surface area contributed by atoms with Crippen LogP contribution in [0.1, 0.15) is 29.9 Å². The molecule has 26 heavy (non-hydrogen) atoms. The monoisotopic (exact) mass is 364 g/mol. The molecule has 3 aromatic rings. The molecule has 0 fully saturated rings. The van der Waals surface area contributed by atoms with Crippen LogP contribution in [0.15, 0.2) is 36.5 Å². The quantitative estimate of drug-likeness (QED) is 0.649. The summed E-state index contributed by atoms with van der Waals surface area (Å²) in [7, 11) is 0. The Hall–Kier alpha value is -2.53. The molecule has 1 aliphatic rings. The van der Waals surface area contributed by atoms with Crippen LogP contribution in [0.4, 0.5) is 10.9 Å². The summed E-state index contributed by atoms with van der Waals surface area (Å²) in [4.78, 5) is 11.9. The molecule has 0 saturated carbocycles. The molecule has 0 aliphatic carbocycles. The normalized spacial score (nSPS) is 13.1. The van der Waals surface area contributed by atoms with E-state index in [9.17, 15) is 0 Å². The van der Waals surface area contributed by atoms with Gasteiger partial charge < -0.3 is 15.2 Å². The van der Waals surface area contributed by atoms with Crippen molar-refractivity contribution in [2.24, 2.45) is 0 Å². The smallest absolute Gasteiger partial charge is 0.186 e. The van der Waals surface area contributed by atoms with E-state index in [4.69, 9.17) is 4.98 Å².